The Morgan fingerprint density at radius 3 is 2.09 bits per heavy atom. The molecule has 0 aromatic rings. The van der Waals surface area contributed by atoms with Gasteiger partial charge in [0.25, 0.3) is 0 Å². The second-order valence-electron chi connectivity index (χ2n) is 7.13. The lowest BCUT2D eigenvalue weighted by Gasteiger charge is -2.38. The molecule has 22 heavy (non-hydrogen) atoms. The maximum absolute atomic E-state index is 12.5. The highest BCUT2D eigenvalue weighted by Gasteiger charge is 2.28. The number of carbonyl (C=O) groups is 2. The monoisotopic (exact) mass is 310 g/mol. The Labute approximate surface area is 133 Å². The zero-order valence-electron chi connectivity index (χ0n) is 14.1. The van der Waals surface area contributed by atoms with Gasteiger partial charge in [-0.15, -0.1) is 0 Å². The van der Waals surface area contributed by atoms with Crippen molar-refractivity contribution < 1.29 is 9.59 Å². The summed E-state index contributed by atoms with van der Waals surface area (Å²) in [7, 11) is 0. The van der Waals surface area contributed by atoms with E-state index in [9.17, 15) is 9.59 Å². The number of amides is 2. The van der Waals surface area contributed by atoms with Gasteiger partial charge in [0.05, 0.1) is 12.6 Å². The van der Waals surface area contributed by atoms with Crippen LogP contribution in [0.3, 0.4) is 0 Å². The van der Waals surface area contributed by atoms with Gasteiger partial charge in [0.15, 0.2) is 0 Å². The normalized spacial score (nSPS) is 28.5. The number of likely N-dealkylation sites (tertiary alicyclic amines) is 1. The summed E-state index contributed by atoms with van der Waals surface area (Å²) in [4.78, 5) is 30.3. The van der Waals surface area contributed by atoms with E-state index in [2.05, 4.69) is 18.7 Å². The van der Waals surface area contributed by atoms with Crippen LogP contribution in [0.25, 0.3) is 0 Å². The summed E-state index contributed by atoms with van der Waals surface area (Å²) >= 11 is 0. The molecule has 2 aliphatic heterocycles. The fourth-order valence-electron chi connectivity index (χ4n) is 3.57. The topological polar surface area (TPSA) is 69.9 Å². The van der Waals surface area contributed by atoms with E-state index in [4.69, 9.17) is 5.73 Å². The molecule has 3 atom stereocenters. The lowest BCUT2D eigenvalue weighted by atomic mass is 9.92. The van der Waals surface area contributed by atoms with Crippen LogP contribution in [0.2, 0.25) is 0 Å². The van der Waals surface area contributed by atoms with Crippen molar-refractivity contribution in [3.8, 4) is 0 Å². The van der Waals surface area contributed by atoms with Gasteiger partial charge in [0.2, 0.25) is 11.8 Å². The highest BCUT2D eigenvalue weighted by molar-refractivity contribution is 5.81. The molecule has 2 amide bonds. The Bertz CT molecular complexity index is 395. The quantitative estimate of drug-likeness (QED) is 0.795. The van der Waals surface area contributed by atoms with E-state index >= 15 is 0 Å². The Hall–Kier alpha value is -1.14. The van der Waals surface area contributed by atoms with Gasteiger partial charge in [-0.1, -0.05) is 13.8 Å². The molecule has 0 aromatic carbocycles. The van der Waals surface area contributed by atoms with E-state index in [0.29, 0.717) is 31.5 Å². The van der Waals surface area contributed by atoms with Crippen molar-refractivity contribution >= 4 is 11.8 Å². The number of hydrogen-bond donors (Lipinski definition) is 1. The number of nitrogens with zero attached hydrogens (tertiary/aromatic N) is 3. The van der Waals surface area contributed by atoms with Crippen molar-refractivity contribution in [3.05, 3.63) is 0 Å². The molecule has 2 saturated heterocycles. The second-order valence-corrected chi connectivity index (χ2v) is 7.13. The Morgan fingerprint density at radius 1 is 1.05 bits per heavy atom. The highest BCUT2D eigenvalue weighted by Crippen LogP contribution is 2.21. The van der Waals surface area contributed by atoms with E-state index in [-0.39, 0.29) is 11.8 Å². The second kappa shape index (κ2) is 7.42. The molecule has 2 heterocycles. The fourth-order valence-corrected chi connectivity index (χ4v) is 3.57. The Morgan fingerprint density at radius 2 is 1.59 bits per heavy atom. The van der Waals surface area contributed by atoms with Crippen molar-refractivity contribution in [1.82, 2.24) is 14.7 Å². The number of rotatable bonds is 3. The molecule has 126 valence electrons. The highest BCUT2D eigenvalue weighted by atomic mass is 16.2. The smallest absolute Gasteiger partial charge is 0.239 e. The molecule has 2 N–H and O–H groups in total. The third kappa shape index (κ3) is 4.43. The van der Waals surface area contributed by atoms with Crippen LogP contribution in [0.5, 0.6) is 0 Å². The maximum atomic E-state index is 12.5. The standard InChI is InChI=1S/C16H30N4O2/c1-12-8-13(2)10-20(9-12)15(21)11-18-4-6-19(7-5-18)16(22)14(3)17/h12-14H,4-11,17H2,1-3H3/t12?,13?,14-/m1/s1. The molecule has 0 aromatic heterocycles. The van der Waals surface area contributed by atoms with E-state index in [1.807, 2.05) is 4.90 Å². The zero-order valence-corrected chi connectivity index (χ0v) is 14.1. The molecule has 2 fully saturated rings. The number of carbonyl (C=O) groups excluding carboxylic acids is 2. The Balaban J connectivity index is 1.78. The molecule has 6 nitrogen and oxygen atoms in total. The summed E-state index contributed by atoms with van der Waals surface area (Å²) < 4.78 is 0. The largest absolute Gasteiger partial charge is 0.341 e. The summed E-state index contributed by atoms with van der Waals surface area (Å²) in [5.74, 6) is 1.41. The molecule has 2 aliphatic rings. The minimum Gasteiger partial charge on any atom is -0.341 e. The maximum Gasteiger partial charge on any atom is 0.239 e. The van der Waals surface area contributed by atoms with Crippen LogP contribution >= 0.6 is 0 Å². The van der Waals surface area contributed by atoms with Crippen LogP contribution < -0.4 is 5.73 Å². The molecule has 2 rings (SSSR count). The SMILES string of the molecule is CC1CC(C)CN(C(=O)CN2CCN(C(=O)[C@@H](C)N)CC2)C1. The number of hydrogen-bond acceptors (Lipinski definition) is 4. The van der Waals surface area contributed by atoms with Gasteiger partial charge < -0.3 is 15.5 Å². The summed E-state index contributed by atoms with van der Waals surface area (Å²) in [6.45, 7) is 11.2. The first-order valence-corrected chi connectivity index (χ1v) is 8.41. The number of piperazine rings is 1. The van der Waals surface area contributed by atoms with Crippen LogP contribution in [0.15, 0.2) is 0 Å². The molecule has 2 unspecified atom stereocenters. The van der Waals surface area contributed by atoms with Crippen LogP contribution in [-0.4, -0.2) is 78.4 Å². The van der Waals surface area contributed by atoms with Crippen molar-refractivity contribution in [1.29, 1.82) is 0 Å². The van der Waals surface area contributed by atoms with Crippen LogP contribution in [0.1, 0.15) is 27.2 Å². The van der Waals surface area contributed by atoms with Gasteiger partial charge in [0, 0.05) is 39.3 Å². The lowest BCUT2D eigenvalue weighted by Crippen LogP contribution is -2.55. The van der Waals surface area contributed by atoms with Gasteiger partial charge in [-0.25, -0.2) is 0 Å². The molecular formula is C16H30N4O2. The average molecular weight is 310 g/mol. The van der Waals surface area contributed by atoms with Gasteiger partial charge >= 0.3 is 0 Å². The third-order valence-electron chi connectivity index (χ3n) is 4.65. The average Bonchev–Trinajstić information content (AvgIpc) is 2.46. The first kappa shape index (κ1) is 17.2. The molecule has 0 aliphatic carbocycles. The van der Waals surface area contributed by atoms with Crippen LogP contribution in [0, 0.1) is 11.8 Å². The predicted molar refractivity (Wildman–Crippen MR) is 86.2 cm³/mol. The summed E-state index contributed by atoms with van der Waals surface area (Å²) in [5, 5.41) is 0. The first-order chi connectivity index (χ1) is 10.4. The number of piperidine rings is 1. The van der Waals surface area contributed by atoms with Crippen molar-refractivity contribution in [2.75, 3.05) is 45.8 Å². The summed E-state index contributed by atoms with van der Waals surface area (Å²) in [6, 6.07) is -0.440. The van der Waals surface area contributed by atoms with Crippen LogP contribution in [-0.2, 0) is 9.59 Å². The first-order valence-electron chi connectivity index (χ1n) is 8.41. The third-order valence-corrected chi connectivity index (χ3v) is 4.65. The summed E-state index contributed by atoms with van der Waals surface area (Å²) in [5.41, 5.74) is 5.64. The Kier molecular flexibility index (Phi) is 5.81. The van der Waals surface area contributed by atoms with E-state index in [0.717, 1.165) is 26.2 Å². The molecule has 0 spiro atoms. The van der Waals surface area contributed by atoms with Crippen LogP contribution in [0.4, 0.5) is 0 Å². The predicted octanol–water partition coefficient (Wildman–Crippen LogP) is -0.0177. The molecule has 0 saturated carbocycles. The van der Waals surface area contributed by atoms with Gasteiger partial charge in [-0.2, -0.15) is 0 Å². The van der Waals surface area contributed by atoms with E-state index in [1.54, 1.807) is 11.8 Å². The molecule has 0 bridgehead atoms. The van der Waals surface area contributed by atoms with Gasteiger partial charge in [-0.05, 0) is 25.2 Å². The number of nitrogens with two attached hydrogens (primary N) is 1. The van der Waals surface area contributed by atoms with Gasteiger partial charge in [-0.3, -0.25) is 14.5 Å². The minimum atomic E-state index is -0.440. The molecule has 0 radical (unpaired) electrons. The van der Waals surface area contributed by atoms with E-state index < -0.39 is 6.04 Å². The minimum absolute atomic E-state index is 0.00431. The van der Waals surface area contributed by atoms with Crippen molar-refractivity contribution in [2.45, 2.75) is 33.2 Å². The fraction of sp³-hybridized carbons (Fsp3) is 0.875. The zero-order chi connectivity index (χ0) is 16.3. The van der Waals surface area contributed by atoms with E-state index in [1.165, 1.54) is 6.42 Å². The van der Waals surface area contributed by atoms with Crippen molar-refractivity contribution in [2.24, 2.45) is 17.6 Å². The van der Waals surface area contributed by atoms with Crippen molar-refractivity contribution in [3.63, 3.8) is 0 Å². The summed E-state index contributed by atoms with van der Waals surface area (Å²) in [6.07, 6.45) is 1.21. The lowest BCUT2D eigenvalue weighted by molar-refractivity contribution is -0.137. The van der Waals surface area contributed by atoms with Gasteiger partial charge in [0.1, 0.15) is 0 Å². The molecule has 6 heteroatoms. The molecular weight excluding hydrogens is 280 g/mol.